The molecule has 12 aromatic carbocycles. The van der Waals surface area contributed by atoms with Crippen molar-refractivity contribution in [3.05, 3.63) is 267 Å². The van der Waals surface area contributed by atoms with Gasteiger partial charge in [-0.2, -0.15) is 0 Å². The van der Waals surface area contributed by atoms with E-state index >= 15 is 0 Å². The molecule has 0 N–H and O–H groups in total. The third kappa shape index (κ3) is 6.49. The minimum Gasteiger partial charge on any atom is -0.456 e. The number of fused-ring (bicyclic) bond motifs is 18. The third-order valence-corrected chi connectivity index (χ3v) is 17.7. The van der Waals surface area contributed by atoms with Crippen LogP contribution in [-0.4, -0.2) is 18.7 Å². The molecule has 0 fully saturated rings. The zero-order chi connectivity index (χ0) is 54.7. The van der Waals surface area contributed by atoms with Crippen LogP contribution in [0.15, 0.2) is 280 Å². The average molecular weight is 1070 g/mol. The molecule has 19 aromatic rings. The fraction of sp³-hybridized carbons (Fsp3) is 0. The van der Waals surface area contributed by atoms with Crippen LogP contribution >= 0.6 is 0 Å². The predicted molar refractivity (Wildman–Crippen MR) is 345 cm³/mol. The molecular weight excluding hydrogens is 1030 g/mol. The summed E-state index contributed by atoms with van der Waals surface area (Å²) < 4.78 is 25.9. The highest BCUT2D eigenvalue weighted by molar-refractivity contribution is 6.15. The van der Waals surface area contributed by atoms with Gasteiger partial charge in [-0.25, -0.2) is 4.98 Å². The minimum absolute atomic E-state index is 0.810. The maximum absolute atomic E-state index is 6.28. The van der Waals surface area contributed by atoms with Gasteiger partial charge in [0.15, 0.2) is 5.82 Å². The second-order valence-corrected chi connectivity index (χ2v) is 22.2. The Kier molecular flexibility index (Phi) is 9.21. The van der Waals surface area contributed by atoms with E-state index < -0.39 is 0 Å². The van der Waals surface area contributed by atoms with Crippen molar-refractivity contribution < 1.29 is 13.3 Å². The van der Waals surface area contributed by atoms with Gasteiger partial charge in [0, 0.05) is 64.6 Å². The standard InChI is InChI=1S/C77H44N4O3/c1-7-19-63-51(13-1)57-39-45(48-28-35-73-60(42-48)54-16-4-10-22-70(54)82-73)25-31-66(57)79(63)69-34-38-76(80-64-20-8-2-14-52(64)58-40-46(26-32-67(58)80)49-29-36-74-61(43-49)55-17-5-11-23-71(55)83-74)78-77(69)81-65-21-9-3-15-53(65)59-41-47(27-33-68(59)81)50-30-37-75-62(44-50)56-18-6-12-24-72(56)84-75/h1-44H. The number of hydrogen-bond acceptors (Lipinski definition) is 4. The quantitative estimate of drug-likeness (QED) is 0.166. The number of rotatable bonds is 6. The van der Waals surface area contributed by atoms with Gasteiger partial charge >= 0.3 is 0 Å². The van der Waals surface area contributed by atoms with Crippen molar-refractivity contribution in [3.63, 3.8) is 0 Å². The number of para-hydroxylation sites is 6. The number of aromatic nitrogens is 4. The van der Waals surface area contributed by atoms with Crippen LogP contribution in [0.25, 0.3) is 182 Å². The van der Waals surface area contributed by atoms with Crippen molar-refractivity contribution in [2.24, 2.45) is 0 Å². The highest BCUT2D eigenvalue weighted by Crippen LogP contribution is 2.44. The average Bonchev–Trinajstić information content (AvgIpc) is 4.49. The molecule has 7 heterocycles. The highest BCUT2D eigenvalue weighted by Gasteiger charge is 2.24. The van der Waals surface area contributed by atoms with Crippen LogP contribution in [0.5, 0.6) is 0 Å². The molecule has 0 spiro atoms. The van der Waals surface area contributed by atoms with Gasteiger partial charge in [0.25, 0.3) is 0 Å². The van der Waals surface area contributed by atoms with Crippen LogP contribution < -0.4 is 0 Å². The van der Waals surface area contributed by atoms with Crippen LogP contribution in [0.3, 0.4) is 0 Å². The van der Waals surface area contributed by atoms with Crippen LogP contribution in [0.4, 0.5) is 0 Å². The van der Waals surface area contributed by atoms with Crippen molar-refractivity contribution >= 4 is 131 Å². The lowest BCUT2D eigenvalue weighted by Crippen LogP contribution is -2.09. The number of furan rings is 3. The van der Waals surface area contributed by atoms with Gasteiger partial charge in [0.1, 0.15) is 39.3 Å². The molecule has 19 rings (SSSR count). The van der Waals surface area contributed by atoms with E-state index in [1.807, 2.05) is 36.4 Å². The summed E-state index contributed by atoms with van der Waals surface area (Å²) in [6.45, 7) is 0. The Bertz CT molecular complexity index is 6020. The van der Waals surface area contributed by atoms with E-state index in [-0.39, 0.29) is 0 Å². The zero-order valence-electron chi connectivity index (χ0n) is 44.9. The second kappa shape index (κ2) is 17.1. The first kappa shape index (κ1) is 45.3. The van der Waals surface area contributed by atoms with Crippen molar-refractivity contribution in [2.75, 3.05) is 0 Å². The summed E-state index contributed by atoms with van der Waals surface area (Å²) in [7, 11) is 0. The van der Waals surface area contributed by atoms with E-state index in [0.29, 0.717) is 0 Å². The van der Waals surface area contributed by atoms with E-state index in [1.54, 1.807) is 0 Å². The first-order valence-electron chi connectivity index (χ1n) is 28.5. The Morgan fingerprint density at radius 1 is 0.214 bits per heavy atom. The van der Waals surface area contributed by atoms with Crippen LogP contribution in [0.2, 0.25) is 0 Å². The molecule has 390 valence electrons. The molecule has 0 aliphatic carbocycles. The summed E-state index contributed by atoms with van der Waals surface area (Å²) in [5.74, 6) is 1.62. The van der Waals surface area contributed by atoms with Gasteiger partial charge in [0.05, 0.1) is 38.8 Å². The lowest BCUT2D eigenvalue weighted by atomic mass is 10.0. The Morgan fingerprint density at radius 2 is 0.512 bits per heavy atom. The summed E-state index contributed by atoms with van der Waals surface area (Å²) >= 11 is 0. The topological polar surface area (TPSA) is 67.1 Å². The van der Waals surface area contributed by atoms with Crippen molar-refractivity contribution in [1.82, 2.24) is 18.7 Å². The van der Waals surface area contributed by atoms with Gasteiger partial charge in [-0.15, -0.1) is 0 Å². The number of hydrogen-bond donors (Lipinski definition) is 0. The monoisotopic (exact) mass is 1070 g/mol. The summed E-state index contributed by atoms with van der Waals surface area (Å²) in [5.41, 5.74) is 19.5. The largest absolute Gasteiger partial charge is 0.456 e. The second-order valence-electron chi connectivity index (χ2n) is 22.2. The van der Waals surface area contributed by atoms with Crippen molar-refractivity contribution in [2.45, 2.75) is 0 Å². The van der Waals surface area contributed by atoms with E-state index in [9.17, 15) is 0 Å². The molecule has 0 radical (unpaired) electrons. The molecule has 0 saturated heterocycles. The van der Waals surface area contributed by atoms with Crippen LogP contribution in [0, 0.1) is 0 Å². The van der Waals surface area contributed by atoms with Gasteiger partial charge in [-0.3, -0.25) is 9.13 Å². The summed E-state index contributed by atoms with van der Waals surface area (Å²) in [6, 6.07) is 95.9. The maximum Gasteiger partial charge on any atom is 0.164 e. The Balaban J connectivity index is 0.842. The molecule has 7 aromatic heterocycles. The van der Waals surface area contributed by atoms with Crippen molar-refractivity contribution in [3.8, 4) is 50.7 Å². The van der Waals surface area contributed by atoms with Crippen molar-refractivity contribution in [1.29, 1.82) is 0 Å². The lowest BCUT2D eigenvalue weighted by molar-refractivity contribution is 0.668. The number of pyridine rings is 1. The number of nitrogens with zero attached hydrogens (tertiary/aromatic N) is 4. The Hall–Kier alpha value is -11.4. The smallest absolute Gasteiger partial charge is 0.164 e. The van der Waals surface area contributed by atoms with Gasteiger partial charge in [-0.1, -0.05) is 146 Å². The molecule has 0 amide bonds. The minimum atomic E-state index is 0.810. The predicted octanol–water partition coefficient (Wildman–Crippen LogP) is 21.1. The normalized spacial score (nSPS) is 12.3. The molecule has 0 aliphatic rings. The Labute approximate surface area is 478 Å². The highest BCUT2D eigenvalue weighted by atomic mass is 16.3. The summed E-state index contributed by atoms with van der Waals surface area (Å²) in [6.07, 6.45) is 0. The maximum atomic E-state index is 6.28. The van der Waals surface area contributed by atoms with Gasteiger partial charge in [0.2, 0.25) is 0 Å². The van der Waals surface area contributed by atoms with Crippen LogP contribution in [0.1, 0.15) is 0 Å². The first-order valence-corrected chi connectivity index (χ1v) is 28.5. The molecule has 0 bridgehead atoms. The van der Waals surface area contributed by atoms with E-state index in [2.05, 4.69) is 244 Å². The zero-order valence-corrected chi connectivity index (χ0v) is 44.9. The van der Waals surface area contributed by atoms with Crippen LogP contribution in [-0.2, 0) is 0 Å². The lowest BCUT2D eigenvalue weighted by Gasteiger charge is -2.18. The van der Waals surface area contributed by atoms with Gasteiger partial charge in [-0.05, 0) is 155 Å². The fourth-order valence-corrected chi connectivity index (χ4v) is 13.8. The molecule has 0 atom stereocenters. The SMILES string of the molecule is c1ccc2c(c1)oc1ccc(-c3ccc4c(c3)c3ccccc3n4-c3ccc(-n4c5ccccc5c5cc(-c6ccc7oc8ccccc8c7c6)ccc54)c(-n4c5ccccc5c5cc(-c6ccc7oc8ccccc8c7c6)ccc54)n3)cc12. The molecule has 0 saturated carbocycles. The molecule has 7 heteroatoms. The first-order chi connectivity index (χ1) is 41.6. The van der Waals surface area contributed by atoms with E-state index in [1.165, 1.54) is 0 Å². The molecular formula is C77H44N4O3. The molecule has 0 unspecified atom stereocenters. The van der Waals surface area contributed by atoms with Gasteiger partial charge < -0.3 is 17.8 Å². The molecule has 7 nitrogen and oxygen atoms in total. The third-order valence-electron chi connectivity index (χ3n) is 17.7. The summed E-state index contributed by atoms with van der Waals surface area (Å²) in [4.78, 5) is 5.99. The molecule has 0 aliphatic heterocycles. The summed E-state index contributed by atoms with van der Waals surface area (Å²) in [5, 5.41) is 13.6. The number of benzene rings is 12. The van der Waals surface area contributed by atoms with E-state index in [0.717, 1.165) is 182 Å². The Morgan fingerprint density at radius 3 is 0.940 bits per heavy atom. The van der Waals surface area contributed by atoms with E-state index in [4.69, 9.17) is 18.2 Å². The molecule has 84 heavy (non-hydrogen) atoms. The fourth-order valence-electron chi connectivity index (χ4n) is 13.8.